The normalized spacial score (nSPS) is 15.2. The number of rotatable bonds is 3. The van der Waals surface area contributed by atoms with Crippen LogP contribution in [0.15, 0.2) is 72.8 Å². The molecule has 0 N–H and O–H groups in total. The third kappa shape index (κ3) is 3.11. The molecule has 148 valence electrons. The van der Waals surface area contributed by atoms with Crippen molar-refractivity contribution in [3.8, 4) is 28.0 Å². The molecular weight excluding hydrogens is 364 g/mol. The maximum atomic E-state index is 5.39. The van der Waals surface area contributed by atoms with Crippen LogP contribution in [0, 0.1) is 12.8 Å². The van der Waals surface area contributed by atoms with Crippen LogP contribution in [0.25, 0.3) is 45.2 Å². The Balaban J connectivity index is 1.93. The quantitative estimate of drug-likeness (QED) is 0.411. The van der Waals surface area contributed by atoms with E-state index in [1.54, 1.807) is 7.11 Å². The van der Waals surface area contributed by atoms with E-state index in [1.165, 1.54) is 49.0 Å². The second-order valence-electron chi connectivity index (χ2n) is 8.30. The van der Waals surface area contributed by atoms with E-state index in [0.717, 1.165) is 12.2 Å². The second kappa shape index (κ2) is 7.50. The van der Waals surface area contributed by atoms with Gasteiger partial charge in [0.15, 0.2) is 0 Å². The van der Waals surface area contributed by atoms with Gasteiger partial charge in [-0.3, -0.25) is 0 Å². The van der Waals surface area contributed by atoms with E-state index >= 15 is 0 Å². The monoisotopic (exact) mass is 390 g/mol. The molecule has 1 unspecified atom stereocenters. The number of hydrogen-bond acceptors (Lipinski definition) is 1. The molecule has 1 nitrogen and oxygen atoms in total. The summed E-state index contributed by atoms with van der Waals surface area (Å²) in [5, 5.41) is 5.33. The molecule has 4 aromatic rings. The molecule has 0 aliphatic heterocycles. The van der Waals surface area contributed by atoms with Crippen LogP contribution in [0.2, 0.25) is 0 Å². The Labute approximate surface area is 178 Å². The largest absolute Gasteiger partial charge is 0.497 e. The van der Waals surface area contributed by atoms with Crippen molar-refractivity contribution in [3.63, 3.8) is 0 Å². The zero-order valence-electron chi connectivity index (χ0n) is 17.8. The van der Waals surface area contributed by atoms with E-state index in [4.69, 9.17) is 4.74 Å². The summed E-state index contributed by atoms with van der Waals surface area (Å²) >= 11 is 0. The van der Waals surface area contributed by atoms with Crippen LogP contribution in [-0.2, 0) is 0 Å². The number of fused-ring (bicyclic) bond motifs is 2. The van der Waals surface area contributed by atoms with Gasteiger partial charge in [-0.05, 0) is 74.9 Å². The molecule has 0 bridgehead atoms. The van der Waals surface area contributed by atoms with Crippen LogP contribution in [-0.4, -0.2) is 7.11 Å². The Morgan fingerprint density at radius 1 is 0.733 bits per heavy atom. The highest BCUT2D eigenvalue weighted by Gasteiger charge is 2.17. The predicted octanol–water partition coefficient (Wildman–Crippen LogP) is 6.09. The van der Waals surface area contributed by atoms with Gasteiger partial charge in [0.05, 0.1) is 7.11 Å². The molecule has 0 heterocycles. The minimum atomic E-state index is 0.529. The molecule has 0 saturated carbocycles. The molecule has 1 aliphatic carbocycles. The molecule has 4 aromatic carbocycles. The number of benzene rings is 4. The Kier molecular flexibility index (Phi) is 4.67. The Morgan fingerprint density at radius 2 is 1.30 bits per heavy atom. The lowest BCUT2D eigenvalue weighted by atomic mass is 9.84. The van der Waals surface area contributed by atoms with Crippen molar-refractivity contribution in [1.82, 2.24) is 0 Å². The maximum absolute atomic E-state index is 5.39. The highest BCUT2D eigenvalue weighted by Crippen LogP contribution is 2.33. The second-order valence-corrected chi connectivity index (χ2v) is 8.30. The smallest absolute Gasteiger partial charge is 0.118 e. The minimum absolute atomic E-state index is 0.529. The first kappa shape index (κ1) is 18.7. The molecule has 0 amide bonds. The first-order chi connectivity index (χ1) is 14.7. The van der Waals surface area contributed by atoms with Gasteiger partial charge in [0.25, 0.3) is 0 Å². The number of ether oxygens (including phenoxy) is 1. The van der Waals surface area contributed by atoms with E-state index in [9.17, 15) is 0 Å². The fraction of sp³-hybridized carbons (Fsp3) is 0.172. The predicted molar refractivity (Wildman–Crippen MR) is 128 cm³/mol. The lowest BCUT2D eigenvalue weighted by Crippen LogP contribution is -2.33. The highest BCUT2D eigenvalue weighted by molar-refractivity contribution is 6.05. The summed E-state index contributed by atoms with van der Waals surface area (Å²) in [7, 11) is 1.72. The summed E-state index contributed by atoms with van der Waals surface area (Å²) in [6.07, 6.45) is 5.97. The van der Waals surface area contributed by atoms with E-state index in [1.807, 2.05) is 0 Å². The summed E-state index contributed by atoms with van der Waals surface area (Å²) in [6.45, 7) is 4.45. The van der Waals surface area contributed by atoms with Gasteiger partial charge in [-0.2, -0.15) is 0 Å². The van der Waals surface area contributed by atoms with Crippen molar-refractivity contribution in [2.45, 2.75) is 20.3 Å². The van der Waals surface area contributed by atoms with Crippen molar-refractivity contribution >= 4 is 22.9 Å². The van der Waals surface area contributed by atoms with Gasteiger partial charge in [-0.25, -0.2) is 0 Å². The molecule has 0 spiro atoms. The number of methoxy groups -OCH3 is 1. The molecule has 1 heteroatoms. The molecule has 0 fully saturated rings. The zero-order chi connectivity index (χ0) is 20.7. The van der Waals surface area contributed by atoms with E-state index in [-0.39, 0.29) is 0 Å². The summed E-state index contributed by atoms with van der Waals surface area (Å²) in [4.78, 5) is 0. The van der Waals surface area contributed by atoms with E-state index in [0.29, 0.717) is 5.92 Å². The lowest BCUT2D eigenvalue weighted by molar-refractivity contribution is 0.415. The van der Waals surface area contributed by atoms with Crippen molar-refractivity contribution < 1.29 is 4.74 Å². The van der Waals surface area contributed by atoms with Crippen LogP contribution >= 0.6 is 0 Å². The average Bonchev–Trinajstić information content (AvgIpc) is 2.78. The Hall–Kier alpha value is -3.32. The molecule has 0 radical (unpaired) electrons. The van der Waals surface area contributed by atoms with Crippen LogP contribution in [0.3, 0.4) is 0 Å². The standard InChI is InChI=1S/C29H26O/c1-19-8-11-21(12-9-19)28-24-6-4-5-7-25(24)29(22-13-15-23(30-3)16-14-22)27-18-20(2)10-17-26(27)28/h4-9,11-18,20H,10H2,1-3H3. The zero-order valence-corrected chi connectivity index (χ0v) is 17.8. The summed E-state index contributed by atoms with van der Waals surface area (Å²) in [6, 6.07) is 26.2. The molecule has 1 aliphatic rings. The average molecular weight is 391 g/mol. The topological polar surface area (TPSA) is 9.23 Å². The first-order valence-electron chi connectivity index (χ1n) is 10.6. The fourth-order valence-corrected chi connectivity index (χ4v) is 4.62. The third-order valence-corrected chi connectivity index (χ3v) is 6.16. The Morgan fingerprint density at radius 3 is 1.90 bits per heavy atom. The van der Waals surface area contributed by atoms with Gasteiger partial charge < -0.3 is 4.74 Å². The molecule has 5 rings (SSSR count). The van der Waals surface area contributed by atoms with Crippen LogP contribution in [0.1, 0.15) is 18.9 Å². The lowest BCUT2D eigenvalue weighted by Gasteiger charge is -2.19. The molecule has 30 heavy (non-hydrogen) atoms. The van der Waals surface area contributed by atoms with Crippen LogP contribution in [0.5, 0.6) is 5.75 Å². The van der Waals surface area contributed by atoms with Crippen molar-refractivity contribution in [2.75, 3.05) is 7.11 Å². The molecule has 1 atom stereocenters. The van der Waals surface area contributed by atoms with Gasteiger partial charge in [0.2, 0.25) is 0 Å². The van der Waals surface area contributed by atoms with E-state index in [2.05, 4.69) is 98.8 Å². The SMILES string of the molecule is COc1ccc(-c2c3c(c(-c4ccc(C)cc4)c4ccccc24)=CCC(C)C=3)cc1. The number of hydrogen-bond donors (Lipinski definition) is 0. The van der Waals surface area contributed by atoms with E-state index < -0.39 is 0 Å². The van der Waals surface area contributed by atoms with Gasteiger partial charge in [0, 0.05) is 0 Å². The van der Waals surface area contributed by atoms with Crippen molar-refractivity contribution in [3.05, 3.63) is 88.8 Å². The highest BCUT2D eigenvalue weighted by atomic mass is 16.5. The summed E-state index contributed by atoms with van der Waals surface area (Å²) in [5.74, 6) is 1.42. The molecular formula is C29H26O. The molecule has 0 saturated heterocycles. The summed E-state index contributed by atoms with van der Waals surface area (Å²) < 4.78 is 5.39. The van der Waals surface area contributed by atoms with Gasteiger partial charge >= 0.3 is 0 Å². The third-order valence-electron chi connectivity index (χ3n) is 6.16. The molecule has 0 aromatic heterocycles. The van der Waals surface area contributed by atoms with Gasteiger partial charge in [0.1, 0.15) is 5.75 Å². The Bertz CT molecular complexity index is 1340. The fourth-order valence-electron chi connectivity index (χ4n) is 4.62. The van der Waals surface area contributed by atoms with Crippen molar-refractivity contribution in [2.24, 2.45) is 5.92 Å². The van der Waals surface area contributed by atoms with Crippen LogP contribution < -0.4 is 15.2 Å². The van der Waals surface area contributed by atoms with Gasteiger partial charge in [-0.1, -0.05) is 85.3 Å². The van der Waals surface area contributed by atoms with Gasteiger partial charge in [-0.15, -0.1) is 0 Å². The first-order valence-corrected chi connectivity index (χ1v) is 10.6. The minimum Gasteiger partial charge on any atom is -0.497 e. The maximum Gasteiger partial charge on any atom is 0.118 e. The van der Waals surface area contributed by atoms with Crippen molar-refractivity contribution in [1.29, 1.82) is 0 Å². The number of aryl methyl sites for hydroxylation is 1. The summed E-state index contributed by atoms with van der Waals surface area (Å²) in [5.41, 5.74) is 6.48. The van der Waals surface area contributed by atoms with Crippen LogP contribution in [0.4, 0.5) is 0 Å².